The zero-order valence-corrected chi connectivity index (χ0v) is 20.6. The van der Waals surface area contributed by atoms with E-state index in [4.69, 9.17) is 0 Å². The Morgan fingerprint density at radius 1 is 0.784 bits per heavy atom. The Labute approximate surface area is 213 Å². The Balaban J connectivity index is 1.36. The molecule has 0 unspecified atom stereocenters. The highest BCUT2D eigenvalue weighted by atomic mass is 19.2. The number of carbonyl (C=O) groups is 1. The molecule has 2 nitrogen and oxygen atoms in total. The summed E-state index contributed by atoms with van der Waals surface area (Å²) in [5.74, 6) is -7.99. The van der Waals surface area contributed by atoms with Gasteiger partial charge >= 0.3 is 5.97 Å². The van der Waals surface area contributed by atoms with E-state index in [2.05, 4.69) is 23.8 Å². The van der Waals surface area contributed by atoms with E-state index in [9.17, 15) is 26.7 Å². The van der Waals surface area contributed by atoms with Gasteiger partial charge in [-0.25, -0.2) is 26.7 Å². The second-order valence-corrected chi connectivity index (χ2v) is 9.77. The summed E-state index contributed by atoms with van der Waals surface area (Å²) in [7, 11) is 0. The monoisotopic (exact) mass is 516 g/mol. The van der Waals surface area contributed by atoms with Gasteiger partial charge in [-0.3, -0.25) is 0 Å². The van der Waals surface area contributed by atoms with Crippen LogP contribution in [0.25, 0.3) is 0 Å². The van der Waals surface area contributed by atoms with Gasteiger partial charge in [0.1, 0.15) is 22.9 Å². The number of esters is 1. The Morgan fingerprint density at radius 3 is 1.92 bits per heavy atom. The van der Waals surface area contributed by atoms with Crippen LogP contribution in [0.5, 0.6) is 5.75 Å². The van der Waals surface area contributed by atoms with E-state index in [0.717, 1.165) is 23.6 Å². The van der Waals surface area contributed by atoms with Crippen molar-refractivity contribution in [3.8, 4) is 5.75 Å². The highest BCUT2D eigenvalue weighted by Crippen LogP contribution is 2.37. The lowest BCUT2D eigenvalue weighted by Gasteiger charge is -2.28. The number of hydrogen-bond donors (Lipinski definition) is 0. The molecule has 196 valence electrons. The number of carbonyl (C=O) groups excluding carboxylic acids is 1. The van der Waals surface area contributed by atoms with Crippen LogP contribution in [0, 0.1) is 35.0 Å². The first-order valence-electron chi connectivity index (χ1n) is 12.7. The smallest absolute Gasteiger partial charge is 0.349 e. The van der Waals surface area contributed by atoms with Crippen LogP contribution in [-0.4, -0.2) is 5.97 Å². The lowest BCUT2D eigenvalue weighted by molar-refractivity contribution is 0.0723. The number of hydrogen-bond acceptors (Lipinski definition) is 2. The van der Waals surface area contributed by atoms with Crippen LogP contribution < -0.4 is 4.74 Å². The molecule has 4 rings (SSSR count). The normalized spacial score (nSPS) is 17.6. The molecular formula is C30H29F5O2. The summed E-state index contributed by atoms with van der Waals surface area (Å²) in [5.41, 5.74) is 1.73. The summed E-state index contributed by atoms with van der Waals surface area (Å²) in [5, 5.41) is 0. The summed E-state index contributed by atoms with van der Waals surface area (Å²) in [6.45, 7) is 2.23. The number of ether oxygens (including phenoxy) is 1. The highest BCUT2D eigenvalue weighted by molar-refractivity contribution is 5.91. The minimum absolute atomic E-state index is 0.346. The molecule has 3 aromatic rings. The third kappa shape index (κ3) is 6.56. The number of aryl methyl sites for hydroxylation is 2. The molecule has 0 aliphatic heterocycles. The molecule has 37 heavy (non-hydrogen) atoms. The van der Waals surface area contributed by atoms with Crippen LogP contribution in [0.15, 0.2) is 48.5 Å². The van der Waals surface area contributed by atoms with E-state index in [1.807, 2.05) is 12.1 Å². The Morgan fingerprint density at radius 2 is 1.35 bits per heavy atom. The molecular weight excluding hydrogens is 487 g/mol. The van der Waals surface area contributed by atoms with E-state index in [1.54, 1.807) is 0 Å². The minimum atomic E-state index is -1.74. The molecule has 0 radical (unpaired) electrons. The summed E-state index contributed by atoms with van der Waals surface area (Å²) in [6, 6.07) is 11.3. The fraction of sp³-hybridized carbons (Fsp3) is 0.367. The number of rotatable bonds is 8. The first-order valence-corrected chi connectivity index (χ1v) is 12.7. The van der Waals surface area contributed by atoms with Crippen molar-refractivity contribution in [2.45, 2.75) is 64.2 Å². The van der Waals surface area contributed by atoms with Crippen molar-refractivity contribution in [2.75, 3.05) is 0 Å². The molecule has 1 saturated carbocycles. The molecule has 1 fully saturated rings. The molecule has 0 spiro atoms. The predicted octanol–water partition coefficient (Wildman–Crippen LogP) is 8.46. The van der Waals surface area contributed by atoms with Crippen LogP contribution in [0.2, 0.25) is 0 Å². The van der Waals surface area contributed by atoms with Gasteiger partial charge in [-0.15, -0.1) is 0 Å². The third-order valence-corrected chi connectivity index (χ3v) is 7.17. The SMILES string of the molecule is CCCC1CCC(c2ccc(CCc3cc(F)c(C(=O)Oc4cc(F)c(F)c(F)c4)c(F)c3)cc2)CC1. The van der Waals surface area contributed by atoms with Crippen molar-refractivity contribution >= 4 is 5.97 Å². The molecule has 0 amide bonds. The standard InChI is InChI=1S/C30H29F5O2/c1-2-3-18-6-10-21(11-7-18)22-12-8-19(9-13-22)4-5-20-14-24(31)28(25(32)15-20)30(36)37-23-16-26(33)29(35)27(34)17-23/h8-9,12-18,21H,2-7,10-11H2,1H3. The Hall–Kier alpha value is -3.22. The van der Waals surface area contributed by atoms with Gasteiger partial charge in [-0.05, 0) is 79.2 Å². The van der Waals surface area contributed by atoms with Crippen molar-refractivity contribution in [3.05, 3.63) is 99.9 Å². The summed E-state index contributed by atoms with van der Waals surface area (Å²) in [4.78, 5) is 12.2. The van der Waals surface area contributed by atoms with E-state index in [0.29, 0.717) is 36.5 Å². The Kier molecular flexibility index (Phi) is 8.62. The maximum atomic E-state index is 14.6. The minimum Gasteiger partial charge on any atom is -0.423 e. The van der Waals surface area contributed by atoms with Crippen LogP contribution in [0.1, 0.15) is 78.4 Å². The lowest BCUT2D eigenvalue weighted by Crippen LogP contribution is -2.14. The molecule has 1 aliphatic rings. The summed E-state index contributed by atoms with van der Waals surface area (Å²) in [6.07, 6.45) is 8.42. The Bertz CT molecular complexity index is 1200. The second kappa shape index (κ2) is 11.9. The first-order chi connectivity index (χ1) is 17.7. The first kappa shape index (κ1) is 26.8. The lowest BCUT2D eigenvalue weighted by atomic mass is 9.77. The van der Waals surface area contributed by atoms with Crippen LogP contribution >= 0.6 is 0 Å². The van der Waals surface area contributed by atoms with Gasteiger partial charge in [0.05, 0.1) is 0 Å². The second-order valence-electron chi connectivity index (χ2n) is 9.77. The van der Waals surface area contributed by atoms with Gasteiger partial charge in [0.2, 0.25) is 0 Å². The molecule has 0 N–H and O–H groups in total. The summed E-state index contributed by atoms with van der Waals surface area (Å²) < 4.78 is 73.6. The van der Waals surface area contributed by atoms with Crippen molar-refractivity contribution in [1.82, 2.24) is 0 Å². The molecule has 0 saturated heterocycles. The van der Waals surface area contributed by atoms with Crippen LogP contribution in [0.3, 0.4) is 0 Å². The molecule has 0 bridgehead atoms. The van der Waals surface area contributed by atoms with Gasteiger partial charge < -0.3 is 4.74 Å². The van der Waals surface area contributed by atoms with Crippen molar-refractivity contribution in [1.29, 1.82) is 0 Å². The van der Waals surface area contributed by atoms with E-state index in [-0.39, 0.29) is 0 Å². The molecule has 0 aromatic heterocycles. The fourth-order valence-corrected chi connectivity index (χ4v) is 5.15. The maximum Gasteiger partial charge on any atom is 0.349 e. The molecule has 3 aromatic carbocycles. The quantitative estimate of drug-likeness (QED) is 0.130. The molecule has 7 heteroatoms. The predicted molar refractivity (Wildman–Crippen MR) is 131 cm³/mol. The van der Waals surface area contributed by atoms with Crippen molar-refractivity contribution in [2.24, 2.45) is 5.92 Å². The largest absolute Gasteiger partial charge is 0.423 e. The zero-order valence-electron chi connectivity index (χ0n) is 20.6. The van der Waals surface area contributed by atoms with E-state index < -0.39 is 46.4 Å². The zero-order chi connectivity index (χ0) is 26.5. The summed E-state index contributed by atoms with van der Waals surface area (Å²) >= 11 is 0. The average molecular weight is 517 g/mol. The van der Waals surface area contributed by atoms with Crippen molar-refractivity contribution in [3.63, 3.8) is 0 Å². The van der Waals surface area contributed by atoms with Gasteiger partial charge in [-0.2, -0.15) is 0 Å². The van der Waals surface area contributed by atoms with E-state index >= 15 is 0 Å². The molecule has 0 heterocycles. The van der Waals surface area contributed by atoms with Gasteiger partial charge in [0, 0.05) is 12.1 Å². The van der Waals surface area contributed by atoms with E-state index in [1.165, 1.54) is 44.1 Å². The topological polar surface area (TPSA) is 26.3 Å². The van der Waals surface area contributed by atoms with Crippen molar-refractivity contribution < 1.29 is 31.5 Å². The molecule has 0 atom stereocenters. The van der Waals surface area contributed by atoms with Gasteiger partial charge in [0.25, 0.3) is 0 Å². The molecule has 1 aliphatic carbocycles. The third-order valence-electron chi connectivity index (χ3n) is 7.17. The highest BCUT2D eigenvalue weighted by Gasteiger charge is 2.23. The number of halogens is 5. The maximum absolute atomic E-state index is 14.6. The fourth-order valence-electron chi connectivity index (χ4n) is 5.15. The van der Waals surface area contributed by atoms with Crippen LogP contribution in [-0.2, 0) is 12.8 Å². The van der Waals surface area contributed by atoms with Gasteiger partial charge in [0.15, 0.2) is 17.5 Å². The number of benzene rings is 3. The average Bonchev–Trinajstić information content (AvgIpc) is 2.86. The van der Waals surface area contributed by atoms with Crippen LogP contribution in [0.4, 0.5) is 22.0 Å². The van der Waals surface area contributed by atoms with Gasteiger partial charge in [-0.1, -0.05) is 44.0 Å².